The van der Waals surface area contributed by atoms with Gasteiger partial charge in [0.15, 0.2) is 17.3 Å². The van der Waals surface area contributed by atoms with Crippen LogP contribution in [0.15, 0.2) is 48.7 Å². The van der Waals surface area contributed by atoms with Gasteiger partial charge in [-0.05, 0) is 54.1 Å². The molecule has 3 aromatic rings. The maximum absolute atomic E-state index is 12.7. The zero-order valence-electron chi connectivity index (χ0n) is 15.8. The van der Waals surface area contributed by atoms with Gasteiger partial charge in [-0.15, -0.1) is 0 Å². The monoisotopic (exact) mass is 376 g/mol. The Morgan fingerprint density at radius 1 is 1.11 bits per heavy atom. The van der Waals surface area contributed by atoms with Crippen molar-refractivity contribution < 1.29 is 14.3 Å². The molecule has 0 radical (unpaired) electrons. The lowest BCUT2D eigenvalue weighted by Gasteiger charge is -2.19. The van der Waals surface area contributed by atoms with Crippen molar-refractivity contribution >= 4 is 16.7 Å². The molecule has 0 amide bonds. The van der Waals surface area contributed by atoms with E-state index in [1.165, 1.54) is 16.5 Å². The van der Waals surface area contributed by atoms with Gasteiger partial charge in [0.1, 0.15) is 13.2 Å². The van der Waals surface area contributed by atoms with E-state index in [2.05, 4.69) is 34.1 Å². The first-order valence-corrected chi connectivity index (χ1v) is 9.99. The van der Waals surface area contributed by atoms with Gasteiger partial charge in [0, 0.05) is 36.8 Å². The van der Waals surface area contributed by atoms with Gasteiger partial charge in [0.25, 0.3) is 0 Å². The molecule has 0 aliphatic carbocycles. The van der Waals surface area contributed by atoms with Crippen molar-refractivity contribution in [2.24, 2.45) is 0 Å². The Morgan fingerprint density at radius 2 is 2.00 bits per heavy atom. The van der Waals surface area contributed by atoms with Crippen molar-refractivity contribution in [3.05, 3.63) is 59.8 Å². The predicted octanol–water partition coefficient (Wildman–Crippen LogP) is 4.00. The van der Waals surface area contributed by atoms with Gasteiger partial charge in [0.2, 0.25) is 0 Å². The summed E-state index contributed by atoms with van der Waals surface area (Å²) in [7, 11) is 0. The van der Waals surface area contributed by atoms with Gasteiger partial charge in [-0.2, -0.15) is 0 Å². The van der Waals surface area contributed by atoms with Crippen LogP contribution in [0.2, 0.25) is 0 Å². The molecule has 5 nitrogen and oxygen atoms in total. The summed E-state index contributed by atoms with van der Waals surface area (Å²) in [5.41, 5.74) is 3.35. The number of likely N-dealkylation sites (tertiary alicyclic amines) is 1. The van der Waals surface area contributed by atoms with Crippen molar-refractivity contribution in [1.29, 1.82) is 0 Å². The number of rotatable bonds is 5. The summed E-state index contributed by atoms with van der Waals surface area (Å²) in [5, 5.41) is 1.27. The van der Waals surface area contributed by atoms with Crippen LogP contribution < -0.4 is 9.47 Å². The van der Waals surface area contributed by atoms with E-state index in [4.69, 9.17) is 9.47 Å². The number of Topliss-reactive ketones (excluding diaryl/α,β-unsaturated/α-hetero) is 1. The van der Waals surface area contributed by atoms with Crippen LogP contribution in [0.25, 0.3) is 10.9 Å². The highest BCUT2D eigenvalue weighted by Crippen LogP contribution is 2.33. The van der Waals surface area contributed by atoms with E-state index in [-0.39, 0.29) is 5.78 Å². The van der Waals surface area contributed by atoms with Crippen LogP contribution in [-0.2, 0) is 0 Å². The fourth-order valence-electron chi connectivity index (χ4n) is 4.36. The van der Waals surface area contributed by atoms with Crippen molar-refractivity contribution in [1.82, 2.24) is 9.88 Å². The second-order valence-electron chi connectivity index (χ2n) is 7.61. The topological polar surface area (TPSA) is 54.6 Å². The highest BCUT2D eigenvalue weighted by atomic mass is 16.6. The zero-order valence-corrected chi connectivity index (χ0v) is 15.8. The second kappa shape index (κ2) is 7.32. The molecule has 5 heteroatoms. The summed E-state index contributed by atoms with van der Waals surface area (Å²) in [6.45, 7) is 3.94. The lowest BCUT2D eigenvalue weighted by atomic mass is 9.96. The van der Waals surface area contributed by atoms with E-state index >= 15 is 0 Å². The molecular weight excluding hydrogens is 352 g/mol. The lowest BCUT2D eigenvalue weighted by Crippen LogP contribution is -2.24. The number of hydrogen-bond acceptors (Lipinski definition) is 4. The van der Waals surface area contributed by atoms with Crippen LogP contribution in [0, 0.1) is 0 Å². The molecule has 0 bridgehead atoms. The first-order valence-electron chi connectivity index (χ1n) is 9.99. The molecule has 1 unspecified atom stereocenters. The maximum Gasteiger partial charge on any atom is 0.164 e. The molecule has 1 fully saturated rings. The number of nitrogens with one attached hydrogen (secondary N) is 1. The summed E-state index contributed by atoms with van der Waals surface area (Å²) in [4.78, 5) is 18.4. The number of H-pyrrole nitrogens is 1. The highest BCUT2D eigenvalue weighted by Gasteiger charge is 2.26. The first kappa shape index (κ1) is 17.3. The number of carbonyl (C=O) groups is 1. The first-order chi connectivity index (χ1) is 13.8. The quantitative estimate of drug-likeness (QED) is 0.684. The van der Waals surface area contributed by atoms with E-state index in [0.29, 0.717) is 36.9 Å². The van der Waals surface area contributed by atoms with Gasteiger partial charge in [0.05, 0.1) is 0 Å². The SMILES string of the molecule is O=C(CCN1CCC(c2cccc3cc[nH]c23)C1)c1ccc2c(c1)OCCO2. The molecule has 2 aliphatic rings. The van der Waals surface area contributed by atoms with Crippen molar-refractivity contribution in [2.45, 2.75) is 18.8 Å². The van der Waals surface area contributed by atoms with Gasteiger partial charge >= 0.3 is 0 Å². The minimum Gasteiger partial charge on any atom is -0.486 e. The molecule has 3 heterocycles. The number of hydrogen-bond donors (Lipinski definition) is 1. The number of fused-ring (bicyclic) bond motifs is 2. The number of nitrogens with zero attached hydrogens (tertiary/aromatic N) is 1. The van der Waals surface area contributed by atoms with Crippen LogP contribution in [-0.4, -0.2) is 48.5 Å². The maximum atomic E-state index is 12.7. The summed E-state index contributed by atoms with van der Waals surface area (Å²) in [6.07, 6.45) is 3.67. The molecule has 0 saturated carbocycles. The number of aromatic nitrogens is 1. The molecule has 0 spiro atoms. The van der Waals surface area contributed by atoms with E-state index in [9.17, 15) is 4.79 Å². The van der Waals surface area contributed by atoms with Crippen molar-refractivity contribution in [2.75, 3.05) is 32.8 Å². The molecule has 1 atom stereocenters. The minimum atomic E-state index is 0.159. The van der Waals surface area contributed by atoms with E-state index in [1.54, 1.807) is 0 Å². The summed E-state index contributed by atoms with van der Waals surface area (Å²) in [6, 6.07) is 14.1. The van der Waals surface area contributed by atoms with Gasteiger partial charge in [-0.25, -0.2) is 0 Å². The summed E-state index contributed by atoms with van der Waals surface area (Å²) >= 11 is 0. The van der Waals surface area contributed by atoms with Gasteiger partial charge in [-0.3, -0.25) is 4.79 Å². The Bertz CT molecular complexity index is 1010. The van der Waals surface area contributed by atoms with Crippen LogP contribution in [0.1, 0.15) is 34.7 Å². The molecule has 2 aromatic carbocycles. The largest absolute Gasteiger partial charge is 0.486 e. The summed E-state index contributed by atoms with van der Waals surface area (Å²) in [5.74, 6) is 2.08. The predicted molar refractivity (Wildman–Crippen MR) is 108 cm³/mol. The lowest BCUT2D eigenvalue weighted by molar-refractivity contribution is 0.0967. The van der Waals surface area contributed by atoms with E-state index in [0.717, 1.165) is 31.8 Å². The minimum absolute atomic E-state index is 0.159. The summed E-state index contributed by atoms with van der Waals surface area (Å²) < 4.78 is 11.1. The van der Waals surface area contributed by atoms with Crippen LogP contribution >= 0.6 is 0 Å². The normalized spacial score (nSPS) is 19.2. The average Bonchev–Trinajstić information content (AvgIpc) is 3.41. The Hall–Kier alpha value is -2.79. The number of ketones is 1. The highest BCUT2D eigenvalue weighted by molar-refractivity contribution is 5.96. The Kier molecular flexibility index (Phi) is 4.53. The third-order valence-electron chi connectivity index (χ3n) is 5.85. The van der Waals surface area contributed by atoms with Gasteiger partial charge in [-0.1, -0.05) is 18.2 Å². The molecule has 28 heavy (non-hydrogen) atoms. The Balaban J connectivity index is 1.21. The van der Waals surface area contributed by atoms with Crippen molar-refractivity contribution in [3.63, 3.8) is 0 Å². The number of para-hydroxylation sites is 1. The van der Waals surface area contributed by atoms with E-state index in [1.807, 2.05) is 24.4 Å². The number of benzene rings is 2. The number of carbonyl (C=O) groups excluding carboxylic acids is 1. The molecule has 2 aliphatic heterocycles. The molecule has 5 rings (SSSR count). The third kappa shape index (κ3) is 3.27. The molecular formula is C23H24N2O3. The fourth-order valence-corrected chi connectivity index (χ4v) is 4.36. The fraction of sp³-hybridized carbons (Fsp3) is 0.348. The van der Waals surface area contributed by atoms with Crippen LogP contribution in [0.5, 0.6) is 11.5 Å². The standard InChI is InChI=1S/C23H24N2O3/c26-20(17-4-5-21-22(14-17)28-13-12-27-21)8-11-25-10-7-18(15-25)19-3-1-2-16-6-9-24-23(16)19/h1-6,9,14,18,24H,7-8,10-13,15H2. The second-order valence-corrected chi connectivity index (χ2v) is 7.61. The molecule has 1 N–H and O–H groups in total. The number of ether oxygens (including phenoxy) is 2. The molecule has 144 valence electrons. The van der Waals surface area contributed by atoms with E-state index < -0.39 is 0 Å². The van der Waals surface area contributed by atoms with Crippen LogP contribution in [0.4, 0.5) is 0 Å². The Labute approximate surface area is 164 Å². The third-order valence-corrected chi connectivity index (χ3v) is 5.85. The Morgan fingerprint density at radius 3 is 2.93 bits per heavy atom. The molecule has 1 aromatic heterocycles. The van der Waals surface area contributed by atoms with Crippen LogP contribution in [0.3, 0.4) is 0 Å². The van der Waals surface area contributed by atoms with Gasteiger partial charge < -0.3 is 19.4 Å². The molecule has 1 saturated heterocycles. The van der Waals surface area contributed by atoms with Crippen molar-refractivity contribution in [3.8, 4) is 11.5 Å². The number of aromatic amines is 1. The smallest absolute Gasteiger partial charge is 0.164 e. The average molecular weight is 376 g/mol. The zero-order chi connectivity index (χ0) is 18.9.